The van der Waals surface area contributed by atoms with Crippen molar-refractivity contribution in [3.05, 3.63) is 72.1 Å². The molecule has 0 bridgehead atoms. The highest BCUT2D eigenvalue weighted by Gasteiger charge is 2.27. The van der Waals surface area contributed by atoms with E-state index in [2.05, 4.69) is 32.2 Å². The minimum atomic E-state index is -0.274. The van der Waals surface area contributed by atoms with Crippen LogP contribution in [0.25, 0.3) is 17.1 Å². The van der Waals surface area contributed by atoms with Crippen molar-refractivity contribution < 1.29 is 8.81 Å². The minimum Gasteiger partial charge on any atom is -0.419 e. The van der Waals surface area contributed by atoms with Gasteiger partial charge in [0, 0.05) is 11.3 Å². The molecule has 0 N–H and O–H groups in total. The standard InChI is InChI=1S/C25H27FN6OS/c1-17(31-15-7-4-8-16-31)22-27-30-25(32(22)21-13-11-20(26)12-14-21)34-18(2)23-28-29-24(33-23)19-9-5-3-6-10-19/h3,5-6,9-14,17-18H,4,7-8,15-16H2,1-2H3/t17-,18-/m0/s1. The SMILES string of the molecule is C[C@H](Sc1nnc([C@H](C)N2CCCCC2)n1-c1ccc(F)cc1)c1nnc(-c2ccccc2)o1. The molecule has 0 spiro atoms. The van der Waals surface area contributed by atoms with Gasteiger partial charge in [0.05, 0.1) is 11.3 Å². The zero-order chi connectivity index (χ0) is 23.5. The molecule has 0 aliphatic carbocycles. The summed E-state index contributed by atoms with van der Waals surface area (Å²) in [6.45, 7) is 6.25. The average Bonchev–Trinajstić information content (AvgIpc) is 3.53. The third-order valence-electron chi connectivity index (χ3n) is 6.15. The van der Waals surface area contributed by atoms with E-state index in [1.165, 1.54) is 43.2 Å². The van der Waals surface area contributed by atoms with Gasteiger partial charge in [-0.3, -0.25) is 9.47 Å². The molecule has 1 fully saturated rings. The van der Waals surface area contributed by atoms with Gasteiger partial charge >= 0.3 is 0 Å². The Kier molecular flexibility index (Phi) is 6.73. The first-order chi connectivity index (χ1) is 16.6. The molecule has 7 nitrogen and oxygen atoms in total. The van der Waals surface area contributed by atoms with Crippen molar-refractivity contribution in [1.29, 1.82) is 0 Å². The fourth-order valence-corrected chi connectivity index (χ4v) is 5.14. The van der Waals surface area contributed by atoms with Gasteiger partial charge in [-0.15, -0.1) is 20.4 Å². The Bertz CT molecular complexity index is 1220. The summed E-state index contributed by atoms with van der Waals surface area (Å²) in [5.41, 5.74) is 1.71. The van der Waals surface area contributed by atoms with Gasteiger partial charge in [0.25, 0.3) is 0 Å². The third kappa shape index (κ3) is 4.76. The molecule has 2 atom stereocenters. The maximum atomic E-state index is 13.7. The molecule has 5 rings (SSSR count). The third-order valence-corrected chi connectivity index (χ3v) is 7.18. The number of benzene rings is 2. The molecule has 1 aliphatic heterocycles. The lowest BCUT2D eigenvalue weighted by Gasteiger charge is -2.31. The van der Waals surface area contributed by atoms with Gasteiger partial charge in [0.2, 0.25) is 11.8 Å². The van der Waals surface area contributed by atoms with Crippen LogP contribution in [0, 0.1) is 5.82 Å². The number of aromatic nitrogens is 5. The summed E-state index contributed by atoms with van der Waals surface area (Å²) in [6, 6.07) is 16.3. The maximum Gasteiger partial charge on any atom is 0.247 e. The second kappa shape index (κ2) is 10.1. The smallest absolute Gasteiger partial charge is 0.247 e. The fraction of sp³-hybridized carbons (Fsp3) is 0.360. The first kappa shape index (κ1) is 22.7. The van der Waals surface area contributed by atoms with Crippen LogP contribution in [0.1, 0.15) is 56.1 Å². The van der Waals surface area contributed by atoms with E-state index in [1.807, 2.05) is 41.8 Å². The van der Waals surface area contributed by atoms with Gasteiger partial charge in [0.1, 0.15) is 5.82 Å². The van der Waals surface area contributed by atoms with E-state index in [4.69, 9.17) is 4.42 Å². The summed E-state index contributed by atoms with van der Waals surface area (Å²) >= 11 is 1.50. The molecule has 4 aromatic rings. The Morgan fingerprint density at radius 2 is 1.62 bits per heavy atom. The van der Waals surface area contributed by atoms with Crippen LogP contribution >= 0.6 is 11.8 Å². The molecule has 9 heteroatoms. The highest BCUT2D eigenvalue weighted by molar-refractivity contribution is 7.99. The summed E-state index contributed by atoms with van der Waals surface area (Å²) in [5, 5.41) is 18.1. The van der Waals surface area contributed by atoms with Crippen LogP contribution in [0.4, 0.5) is 4.39 Å². The Morgan fingerprint density at radius 1 is 0.882 bits per heavy atom. The molecule has 34 heavy (non-hydrogen) atoms. The number of nitrogens with zero attached hydrogens (tertiary/aromatic N) is 6. The van der Waals surface area contributed by atoms with Crippen LogP contribution in [0.5, 0.6) is 0 Å². The number of hydrogen-bond acceptors (Lipinski definition) is 7. The molecular weight excluding hydrogens is 451 g/mol. The van der Waals surface area contributed by atoms with E-state index in [0.717, 1.165) is 30.2 Å². The van der Waals surface area contributed by atoms with Crippen LogP contribution in [0.3, 0.4) is 0 Å². The first-order valence-corrected chi connectivity index (χ1v) is 12.5. The van der Waals surface area contributed by atoms with Gasteiger partial charge in [0.15, 0.2) is 11.0 Å². The van der Waals surface area contributed by atoms with E-state index in [0.29, 0.717) is 16.9 Å². The lowest BCUT2D eigenvalue weighted by molar-refractivity contribution is 0.167. The number of hydrogen-bond donors (Lipinski definition) is 0. The lowest BCUT2D eigenvalue weighted by atomic mass is 10.1. The zero-order valence-corrected chi connectivity index (χ0v) is 20.1. The summed E-state index contributed by atoms with van der Waals surface area (Å²) in [5.74, 6) is 1.58. The van der Waals surface area contributed by atoms with E-state index < -0.39 is 0 Å². The molecule has 0 saturated carbocycles. The molecule has 3 heterocycles. The maximum absolute atomic E-state index is 13.7. The van der Waals surface area contributed by atoms with Crippen LogP contribution in [-0.4, -0.2) is 43.0 Å². The van der Waals surface area contributed by atoms with Crippen molar-refractivity contribution in [1.82, 2.24) is 29.9 Å². The molecule has 0 amide bonds. The summed E-state index contributed by atoms with van der Waals surface area (Å²) < 4.78 is 21.6. The summed E-state index contributed by atoms with van der Waals surface area (Å²) in [4.78, 5) is 2.44. The van der Waals surface area contributed by atoms with E-state index in [9.17, 15) is 4.39 Å². The Labute approximate surface area is 202 Å². The van der Waals surface area contributed by atoms with E-state index in [1.54, 1.807) is 12.1 Å². The lowest BCUT2D eigenvalue weighted by Crippen LogP contribution is -2.33. The van der Waals surface area contributed by atoms with Gasteiger partial charge in [-0.05, 0) is 76.2 Å². The highest BCUT2D eigenvalue weighted by atomic mass is 32.2. The second-order valence-electron chi connectivity index (χ2n) is 8.50. The van der Waals surface area contributed by atoms with Crippen LogP contribution in [0.2, 0.25) is 0 Å². The van der Waals surface area contributed by atoms with Crippen LogP contribution in [0.15, 0.2) is 64.2 Å². The number of halogens is 1. The first-order valence-electron chi connectivity index (χ1n) is 11.6. The Hall–Kier alpha value is -3.04. The zero-order valence-electron chi connectivity index (χ0n) is 19.3. The molecule has 1 saturated heterocycles. The van der Waals surface area contributed by atoms with Crippen molar-refractivity contribution in [2.45, 2.75) is 49.6 Å². The Balaban J connectivity index is 1.44. The fourth-order valence-electron chi connectivity index (χ4n) is 4.23. The van der Waals surface area contributed by atoms with Gasteiger partial charge in [-0.25, -0.2) is 4.39 Å². The molecule has 1 aliphatic rings. The average molecular weight is 479 g/mol. The topological polar surface area (TPSA) is 72.9 Å². The van der Waals surface area contributed by atoms with Crippen molar-refractivity contribution in [3.63, 3.8) is 0 Å². The molecule has 2 aromatic heterocycles. The molecule has 0 unspecified atom stereocenters. The predicted molar refractivity (Wildman–Crippen MR) is 129 cm³/mol. The normalized spacial score (nSPS) is 16.4. The minimum absolute atomic E-state index is 0.0931. The number of piperidine rings is 1. The van der Waals surface area contributed by atoms with Gasteiger partial charge < -0.3 is 4.42 Å². The van der Waals surface area contributed by atoms with Crippen LogP contribution in [-0.2, 0) is 0 Å². The molecule has 176 valence electrons. The van der Waals surface area contributed by atoms with E-state index in [-0.39, 0.29) is 17.1 Å². The van der Waals surface area contributed by atoms with Crippen LogP contribution < -0.4 is 0 Å². The van der Waals surface area contributed by atoms with Gasteiger partial charge in [-0.2, -0.15) is 0 Å². The Morgan fingerprint density at radius 3 is 2.35 bits per heavy atom. The van der Waals surface area contributed by atoms with Crippen molar-refractivity contribution in [3.8, 4) is 17.1 Å². The van der Waals surface area contributed by atoms with Crippen molar-refractivity contribution in [2.75, 3.05) is 13.1 Å². The predicted octanol–water partition coefficient (Wildman–Crippen LogP) is 5.86. The highest BCUT2D eigenvalue weighted by Crippen LogP contribution is 2.37. The number of thioether (sulfide) groups is 1. The van der Waals surface area contributed by atoms with Gasteiger partial charge in [-0.1, -0.05) is 36.4 Å². The van der Waals surface area contributed by atoms with Crippen molar-refractivity contribution >= 4 is 11.8 Å². The summed E-state index contributed by atoms with van der Waals surface area (Å²) in [6.07, 6.45) is 3.64. The summed E-state index contributed by atoms with van der Waals surface area (Å²) in [7, 11) is 0. The largest absolute Gasteiger partial charge is 0.419 e. The molecular formula is C25H27FN6OS. The number of likely N-dealkylation sites (tertiary alicyclic amines) is 1. The van der Waals surface area contributed by atoms with E-state index >= 15 is 0 Å². The molecule has 2 aromatic carbocycles. The monoisotopic (exact) mass is 478 g/mol. The van der Waals surface area contributed by atoms with Crippen molar-refractivity contribution in [2.24, 2.45) is 0 Å². The second-order valence-corrected chi connectivity index (χ2v) is 9.80. The quantitative estimate of drug-likeness (QED) is 0.308. The molecule has 0 radical (unpaired) electrons. The number of rotatable bonds is 7.